The Labute approximate surface area is 128 Å². The second kappa shape index (κ2) is 7.41. The molecule has 0 aliphatic carbocycles. The minimum Gasteiger partial charge on any atom is -0.313 e. The lowest BCUT2D eigenvalue weighted by molar-refractivity contribution is -0.124. The van der Waals surface area contributed by atoms with Crippen molar-refractivity contribution in [2.24, 2.45) is 0 Å². The van der Waals surface area contributed by atoms with Crippen LogP contribution in [0.25, 0.3) is 11.8 Å². The van der Waals surface area contributed by atoms with Gasteiger partial charge in [0.2, 0.25) is 5.91 Å². The van der Waals surface area contributed by atoms with Gasteiger partial charge in [0, 0.05) is 24.2 Å². The van der Waals surface area contributed by atoms with Crippen molar-refractivity contribution in [3.8, 4) is 17.8 Å². The van der Waals surface area contributed by atoms with Crippen LogP contribution in [0.3, 0.4) is 0 Å². The molecule has 0 radical (unpaired) electrons. The normalized spacial score (nSPS) is 10.1. The average molecular weight is 291 g/mol. The van der Waals surface area contributed by atoms with E-state index < -0.39 is 0 Å². The van der Waals surface area contributed by atoms with Crippen molar-refractivity contribution in [2.75, 3.05) is 13.1 Å². The van der Waals surface area contributed by atoms with Crippen molar-refractivity contribution in [3.63, 3.8) is 0 Å². The number of benzene rings is 1. The molecule has 1 aromatic heterocycles. The average Bonchev–Trinajstić information content (AvgIpc) is 3.07. The Balaban J connectivity index is 2.05. The fourth-order valence-electron chi connectivity index (χ4n) is 1.82. The van der Waals surface area contributed by atoms with Crippen LogP contribution in [0.5, 0.6) is 0 Å². The summed E-state index contributed by atoms with van der Waals surface area (Å²) in [5.41, 5.74) is 1.82. The summed E-state index contributed by atoms with van der Waals surface area (Å²) in [7, 11) is 0. The number of amides is 1. The number of hydrogen-bond donors (Lipinski definition) is 0. The van der Waals surface area contributed by atoms with Gasteiger partial charge in [0.15, 0.2) is 0 Å². The molecule has 1 heterocycles. The van der Waals surface area contributed by atoms with Crippen molar-refractivity contribution in [1.82, 2.24) is 14.5 Å². The van der Waals surface area contributed by atoms with Crippen molar-refractivity contribution in [2.45, 2.75) is 0 Å². The van der Waals surface area contributed by atoms with Gasteiger partial charge in [-0.15, -0.1) is 0 Å². The molecule has 2 rings (SSSR count). The van der Waals surface area contributed by atoms with E-state index in [1.54, 1.807) is 18.6 Å². The summed E-state index contributed by atoms with van der Waals surface area (Å²) in [6, 6.07) is 11.3. The predicted octanol–water partition coefficient (Wildman–Crippen LogP) is 1.76. The van der Waals surface area contributed by atoms with Gasteiger partial charge in [0.1, 0.15) is 13.1 Å². The molecule has 0 N–H and O–H groups in total. The maximum atomic E-state index is 11.9. The van der Waals surface area contributed by atoms with Crippen LogP contribution in [-0.2, 0) is 4.79 Å². The third-order valence-electron chi connectivity index (χ3n) is 2.95. The largest absolute Gasteiger partial charge is 0.313 e. The summed E-state index contributed by atoms with van der Waals surface area (Å²) < 4.78 is 1.88. The maximum absolute atomic E-state index is 11.9. The van der Waals surface area contributed by atoms with Gasteiger partial charge in [0.05, 0.1) is 18.5 Å². The smallest absolute Gasteiger partial charge is 0.248 e. The number of rotatable bonds is 5. The van der Waals surface area contributed by atoms with Crippen LogP contribution in [0.1, 0.15) is 5.56 Å². The van der Waals surface area contributed by atoms with E-state index in [4.69, 9.17) is 10.5 Å². The SMILES string of the molecule is N#CCN(CC#N)C(=O)C=Cc1ccc(-n2ccnc2)cc1. The monoisotopic (exact) mass is 291 g/mol. The molecule has 6 heteroatoms. The minimum absolute atomic E-state index is 0.101. The van der Waals surface area contributed by atoms with Crippen molar-refractivity contribution >= 4 is 12.0 Å². The highest BCUT2D eigenvalue weighted by Gasteiger charge is 2.08. The van der Waals surface area contributed by atoms with E-state index >= 15 is 0 Å². The van der Waals surface area contributed by atoms with Gasteiger partial charge in [0.25, 0.3) is 0 Å². The number of carbonyl (C=O) groups excluding carboxylic acids is 1. The molecular weight excluding hydrogens is 278 g/mol. The lowest BCUT2D eigenvalue weighted by atomic mass is 10.2. The van der Waals surface area contributed by atoms with E-state index in [2.05, 4.69) is 4.98 Å². The van der Waals surface area contributed by atoms with Crippen molar-refractivity contribution in [3.05, 3.63) is 54.6 Å². The van der Waals surface area contributed by atoms with E-state index in [0.717, 1.165) is 11.3 Å². The summed E-state index contributed by atoms with van der Waals surface area (Å²) in [5, 5.41) is 17.3. The first kappa shape index (κ1) is 15.0. The van der Waals surface area contributed by atoms with Gasteiger partial charge in [-0.2, -0.15) is 10.5 Å². The van der Waals surface area contributed by atoms with Crippen LogP contribution in [0.4, 0.5) is 0 Å². The maximum Gasteiger partial charge on any atom is 0.248 e. The highest BCUT2D eigenvalue weighted by Crippen LogP contribution is 2.10. The summed E-state index contributed by atoms with van der Waals surface area (Å²) in [6.07, 6.45) is 8.26. The van der Waals surface area contributed by atoms with Crippen LogP contribution >= 0.6 is 0 Å². The van der Waals surface area contributed by atoms with E-state index in [0.29, 0.717) is 0 Å². The number of nitriles is 2. The van der Waals surface area contributed by atoms with E-state index in [1.807, 2.05) is 47.2 Å². The van der Waals surface area contributed by atoms with Crippen molar-refractivity contribution < 1.29 is 4.79 Å². The molecular formula is C16H13N5O. The second-order valence-electron chi connectivity index (χ2n) is 4.41. The highest BCUT2D eigenvalue weighted by molar-refractivity contribution is 5.92. The van der Waals surface area contributed by atoms with Crippen LogP contribution in [0.15, 0.2) is 49.1 Å². The van der Waals surface area contributed by atoms with Crippen LogP contribution < -0.4 is 0 Å². The third kappa shape index (κ3) is 3.81. The molecule has 1 amide bonds. The fourth-order valence-corrected chi connectivity index (χ4v) is 1.82. The lowest BCUT2D eigenvalue weighted by Gasteiger charge is -2.12. The molecule has 0 aliphatic rings. The Morgan fingerprint density at radius 1 is 1.23 bits per heavy atom. The summed E-state index contributed by atoms with van der Waals surface area (Å²) >= 11 is 0. The standard InChI is InChI=1S/C16H13N5O/c17-7-10-20(11-8-18)16(22)6-3-14-1-4-15(5-2-14)21-12-9-19-13-21/h1-6,9,12-13H,10-11H2. The van der Waals surface area contributed by atoms with Gasteiger partial charge in [-0.1, -0.05) is 12.1 Å². The summed E-state index contributed by atoms with van der Waals surface area (Å²) in [6.45, 7) is -0.202. The molecule has 6 nitrogen and oxygen atoms in total. The Morgan fingerprint density at radius 3 is 2.45 bits per heavy atom. The number of aromatic nitrogens is 2. The zero-order valence-corrected chi connectivity index (χ0v) is 11.8. The molecule has 0 unspecified atom stereocenters. The van der Waals surface area contributed by atoms with Crippen molar-refractivity contribution in [1.29, 1.82) is 10.5 Å². The van der Waals surface area contributed by atoms with E-state index in [-0.39, 0.29) is 19.0 Å². The summed E-state index contributed by atoms with van der Waals surface area (Å²) in [4.78, 5) is 17.0. The number of imidazole rings is 1. The molecule has 0 fully saturated rings. The van der Waals surface area contributed by atoms with Crippen LogP contribution in [0, 0.1) is 22.7 Å². The second-order valence-corrected chi connectivity index (χ2v) is 4.41. The first-order chi connectivity index (χ1) is 10.7. The topological polar surface area (TPSA) is 85.7 Å². The first-order valence-corrected chi connectivity index (χ1v) is 6.54. The molecule has 0 saturated carbocycles. The first-order valence-electron chi connectivity index (χ1n) is 6.54. The zero-order valence-electron chi connectivity index (χ0n) is 11.8. The molecule has 0 atom stereocenters. The van der Waals surface area contributed by atoms with Gasteiger partial charge >= 0.3 is 0 Å². The van der Waals surface area contributed by atoms with Crippen LogP contribution in [-0.4, -0.2) is 33.4 Å². The Bertz CT molecular complexity index is 716. The summed E-state index contributed by atoms with van der Waals surface area (Å²) in [5.74, 6) is -0.359. The Kier molecular flexibility index (Phi) is 5.06. The van der Waals surface area contributed by atoms with E-state index in [1.165, 1.54) is 11.0 Å². The highest BCUT2D eigenvalue weighted by atomic mass is 16.2. The molecule has 0 saturated heterocycles. The molecule has 108 valence electrons. The lowest BCUT2D eigenvalue weighted by Crippen LogP contribution is -2.30. The van der Waals surface area contributed by atoms with E-state index in [9.17, 15) is 4.79 Å². The molecule has 2 aromatic rings. The molecule has 0 aliphatic heterocycles. The molecule has 1 aromatic carbocycles. The number of hydrogen-bond acceptors (Lipinski definition) is 4. The fraction of sp³-hybridized carbons (Fsp3) is 0.125. The van der Waals surface area contributed by atoms with Gasteiger partial charge < -0.3 is 9.47 Å². The Morgan fingerprint density at radius 2 is 1.91 bits per heavy atom. The molecule has 22 heavy (non-hydrogen) atoms. The van der Waals surface area contributed by atoms with Gasteiger partial charge in [-0.25, -0.2) is 4.98 Å². The number of carbonyl (C=O) groups is 1. The molecule has 0 bridgehead atoms. The predicted molar refractivity (Wildman–Crippen MR) is 80.4 cm³/mol. The minimum atomic E-state index is -0.359. The zero-order chi connectivity index (χ0) is 15.8. The number of nitrogens with zero attached hydrogens (tertiary/aromatic N) is 5. The Hall–Kier alpha value is -3.38. The molecule has 0 spiro atoms. The van der Waals surface area contributed by atoms with Gasteiger partial charge in [-0.05, 0) is 23.8 Å². The van der Waals surface area contributed by atoms with Crippen LogP contribution in [0.2, 0.25) is 0 Å². The van der Waals surface area contributed by atoms with Gasteiger partial charge in [-0.3, -0.25) is 4.79 Å². The third-order valence-corrected chi connectivity index (χ3v) is 2.95. The quantitative estimate of drug-likeness (QED) is 0.620.